The first-order valence-corrected chi connectivity index (χ1v) is 3.93. The summed E-state index contributed by atoms with van der Waals surface area (Å²) >= 11 is 0. The molecule has 1 rings (SSSR count). The van der Waals surface area contributed by atoms with E-state index in [1.165, 1.54) is 24.0 Å². The first-order valence-electron chi connectivity index (χ1n) is 3.93. The Kier molecular flexibility index (Phi) is 3.16. The number of aromatic nitrogens is 3. The molecule has 1 atom stereocenters. The highest BCUT2D eigenvalue weighted by Crippen LogP contribution is 1.90. The SMILES string of the molecule is CC(=O)N[C@@H](Cn1ccnn1)C(=O)O. The van der Waals surface area contributed by atoms with Gasteiger partial charge in [0, 0.05) is 13.1 Å². The van der Waals surface area contributed by atoms with Crippen molar-refractivity contribution in [3.63, 3.8) is 0 Å². The molecule has 2 N–H and O–H groups in total. The number of carboxylic acids is 1. The van der Waals surface area contributed by atoms with Gasteiger partial charge in [-0.05, 0) is 0 Å². The van der Waals surface area contributed by atoms with E-state index >= 15 is 0 Å². The molecule has 1 heterocycles. The van der Waals surface area contributed by atoms with Crippen molar-refractivity contribution in [2.75, 3.05) is 0 Å². The Balaban J connectivity index is 2.60. The van der Waals surface area contributed by atoms with E-state index < -0.39 is 17.9 Å². The smallest absolute Gasteiger partial charge is 0.328 e. The molecular weight excluding hydrogens is 188 g/mol. The van der Waals surface area contributed by atoms with E-state index in [2.05, 4.69) is 15.6 Å². The van der Waals surface area contributed by atoms with Gasteiger partial charge in [-0.2, -0.15) is 0 Å². The van der Waals surface area contributed by atoms with Gasteiger partial charge in [-0.1, -0.05) is 5.21 Å². The zero-order valence-electron chi connectivity index (χ0n) is 7.54. The second kappa shape index (κ2) is 4.35. The fourth-order valence-electron chi connectivity index (χ4n) is 0.948. The van der Waals surface area contributed by atoms with Crippen LogP contribution < -0.4 is 5.32 Å². The van der Waals surface area contributed by atoms with Gasteiger partial charge < -0.3 is 10.4 Å². The molecule has 7 nitrogen and oxygen atoms in total. The number of amides is 1. The molecule has 0 fully saturated rings. The molecule has 0 aromatic carbocycles. The van der Waals surface area contributed by atoms with Gasteiger partial charge in [-0.3, -0.25) is 4.79 Å². The number of nitrogens with zero attached hydrogens (tertiary/aromatic N) is 3. The molecule has 0 aliphatic rings. The van der Waals surface area contributed by atoms with Crippen molar-refractivity contribution in [3.05, 3.63) is 12.4 Å². The molecule has 1 aromatic heterocycles. The lowest BCUT2D eigenvalue weighted by Gasteiger charge is -2.12. The van der Waals surface area contributed by atoms with Crippen LogP contribution in [0.15, 0.2) is 12.4 Å². The Hall–Kier alpha value is -1.92. The van der Waals surface area contributed by atoms with E-state index in [-0.39, 0.29) is 6.54 Å². The van der Waals surface area contributed by atoms with Gasteiger partial charge in [0.05, 0.1) is 12.7 Å². The molecule has 0 aliphatic carbocycles. The van der Waals surface area contributed by atoms with E-state index in [4.69, 9.17) is 5.11 Å². The normalized spacial score (nSPS) is 12.1. The van der Waals surface area contributed by atoms with Crippen LogP contribution in [0, 0.1) is 0 Å². The van der Waals surface area contributed by atoms with Crippen LogP contribution in [-0.2, 0) is 16.1 Å². The van der Waals surface area contributed by atoms with Crippen molar-refractivity contribution in [1.29, 1.82) is 0 Å². The van der Waals surface area contributed by atoms with Crippen LogP contribution in [0.3, 0.4) is 0 Å². The molecule has 1 aromatic rings. The maximum Gasteiger partial charge on any atom is 0.328 e. The van der Waals surface area contributed by atoms with Gasteiger partial charge in [0.2, 0.25) is 5.91 Å². The largest absolute Gasteiger partial charge is 0.480 e. The zero-order chi connectivity index (χ0) is 10.6. The van der Waals surface area contributed by atoms with Gasteiger partial charge in [-0.25, -0.2) is 9.48 Å². The zero-order valence-corrected chi connectivity index (χ0v) is 7.54. The molecule has 0 saturated heterocycles. The first-order chi connectivity index (χ1) is 6.59. The molecule has 7 heteroatoms. The summed E-state index contributed by atoms with van der Waals surface area (Å²) < 4.78 is 1.34. The van der Waals surface area contributed by atoms with E-state index in [0.717, 1.165) is 0 Å². The lowest BCUT2D eigenvalue weighted by Crippen LogP contribution is -2.42. The van der Waals surface area contributed by atoms with Gasteiger partial charge in [-0.15, -0.1) is 5.10 Å². The summed E-state index contributed by atoms with van der Waals surface area (Å²) in [6, 6.07) is -0.978. The van der Waals surface area contributed by atoms with Crippen LogP contribution in [0.25, 0.3) is 0 Å². The third-order valence-corrected chi connectivity index (χ3v) is 1.52. The summed E-state index contributed by atoms with van der Waals surface area (Å²) in [6.07, 6.45) is 2.96. The molecule has 14 heavy (non-hydrogen) atoms. The van der Waals surface area contributed by atoms with Gasteiger partial charge >= 0.3 is 5.97 Å². The standard InChI is InChI=1S/C7H10N4O3/c1-5(12)9-6(7(13)14)4-11-3-2-8-10-11/h2-3,6H,4H2,1H3,(H,9,12)(H,13,14)/t6-/m0/s1. The lowest BCUT2D eigenvalue weighted by atomic mass is 10.3. The van der Waals surface area contributed by atoms with Crippen molar-refractivity contribution in [1.82, 2.24) is 20.3 Å². The Bertz CT molecular complexity index is 322. The molecule has 0 unspecified atom stereocenters. The Labute approximate surface area is 79.7 Å². The van der Waals surface area contributed by atoms with Crippen LogP contribution in [0.2, 0.25) is 0 Å². The van der Waals surface area contributed by atoms with Crippen LogP contribution in [0.1, 0.15) is 6.92 Å². The highest BCUT2D eigenvalue weighted by Gasteiger charge is 2.18. The monoisotopic (exact) mass is 198 g/mol. The summed E-state index contributed by atoms with van der Waals surface area (Å²) in [5.74, 6) is -1.49. The second-order valence-electron chi connectivity index (χ2n) is 2.72. The number of hydrogen-bond donors (Lipinski definition) is 2. The van der Waals surface area contributed by atoms with Gasteiger partial charge in [0.1, 0.15) is 6.04 Å². The van der Waals surface area contributed by atoms with Crippen molar-refractivity contribution in [3.8, 4) is 0 Å². The molecule has 0 spiro atoms. The number of carboxylic acid groups (broad SMARTS) is 1. The molecule has 0 aliphatic heterocycles. The highest BCUT2D eigenvalue weighted by atomic mass is 16.4. The molecule has 0 radical (unpaired) electrons. The van der Waals surface area contributed by atoms with Crippen LogP contribution in [-0.4, -0.2) is 38.0 Å². The van der Waals surface area contributed by atoms with E-state index in [1.807, 2.05) is 0 Å². The third-order valence-electron chi connectivity index (χ3n) is 1.52. The Morgan fingerprint density at radius 2 is 2.36 bits per heavy atom. The summed E-state index contributed by atoms with van der Waals surface area (Å²) in [7, 11) is 0. The molecular formula is C7H10N4O3. The highest BCUT2D eigenvalue weighted by molar-refractivity contribution is 5.81. The minimum Gasteiger partial charge on any atom is -0.480 e. The maximum absolute atomic E-state index is 10.7. The number of hydrogen-bond acceptors (Lipinski definition) is 4. The fraction of sp³-hybridized carbons (Fsp3) is 0.429. The quantitative estimate of drug-likeness (QED) is 0.637. The van der Waals surface area contributed by atoms with Crippen molar-refractivity contribution in [2.45, 2.75) is 19.5 Å². The van der Waals surface area contributed by atoms with Crippen molar-refractivity contribution < 1.29 is 14.7 Å². The average molecular weight is 198 g/mol. The number of aliphatic carboxylic acids is 1. The van der Waals surface area contributed by atoms with E-state index in [0.29, 0.717) is 0 Å². The number of rotatable bonds is 4. The minimum absolute atomic E-state index is 0.0644. The third kappa shape index (κ3) is 2.85. The molecule has 76 valence electrons. The summed E-state index contributed by atoms with van der Waals surface area (Å²) in [4.78, 5) is 21.4. The van der Waals surface area contributed by atoms with E-state index in [1.54, 1.807) is 0 Å². The predicted molar refractivity (Wildman–Crippen MR) is 45.3 cm³/mol. The van der Waals surface area contributed by atoms with Crippen LogP contribution in [0.4, 0.5) is 0 Å². The Morgan fingerprint density at radius 3 is 2.79 bits per heavy atom. The summed E-state index contributed by atoms with van der Waals surface area (Å²) in [5.41, 5.74) is 0. The lowest BCUT2D eigenvalue weighted by molar-refractivity contribution is -0.142. The topological polar surface area (TPSA) is 97.1 Å². The average Bonchev–Trinajstić information content (AvgIpc) is 2.54. The van der Waals surface area contributed by atoms with Gasteiger partial charge in [0.25, 0.3) is 0 Å². The fourth-order valence-corrected chi connectivity index (χ4v) is 0.948. The number of nitrogens with one attached hydrogen (secondary N) is 1. The molecule has 0 saturated carbocycles. The second-order valence-corrected chi connectivity index (χ2v) is 2.72. The predicted octanol–water partition coefficient (Wildman–Crippen LogP) is -1.13. The van der Waals surface area contributed by atoms with Crippen molar-refractivity contribution in [2.24, 2.45) is 0 Å². The molecule has 1 amide bonds. The van der Waals surface area contributed by atoms with Crippen molar-refractivity contribution >= 4 is 11.9 Å². The van der Waals surface area contributed by atoms with Crippen LogP contribution >= 0.6 is 0 Å². The minimum atomic E-state index is -1.10. The summed E-state index contributed by atoms with van der Waals surface area (Å²) in [6.45, 7) is 1.33. The van der Waals surface area contributed by atoms with E-state index in [9.17, 15) is 9.59 Å². The van der Waals surface area contributed by atoms with Crippen LogP contribution in [0.5, 0.6) is 0 Å². The number of carbonyl (C=O) groups is 2. The number of carbonyl (C=O) groups excluding carboxylic acids is 1. The maximum atomic E-state index is 10.7. The molecule has 0 bridgehead atoms. The Morgan fingerprint density at radius 1 is 1.64 bits per heavy atom. The van der Waals surface area contributed by atoms with Gasteiger partial charge in [0.15, 0.2) is 0 Å². The first kappa shape index (κ1) is 10.2. The summed E-state index contributed by atoms with van der Waals surface area (Å²) in [5, 5.41) is 18.2.